The second-order valence-electron chi connectivity index (χ2n) is 2.72. The van der Waals surface area contributed by atoms with Gasteiger partial charge in [0.05, 0.1) is 18.7 Å². The van der Waals surface area contributed by atoms with Crippen LogP contribution < -0.4 is 0 Å². The summed E-state index contributed by atoms with van der Waals surface area (Å²) in [7, 11) is 0. The van der Waals surface area contributed by atoms with E-state index in [1.165, 1.54) is 0 Å². The second kappa shape index (κ2) is 5.12. The molecule has 0 saturated heterocycles. The monoisotopic (exact) mass is 278 g/mol. The molecule has 1 heterocycles. The van der Waals surface area contributed by atoms with Crippen LogP contribution in [0, 0.1) is 17.1 Å². The minimum atomic E-state index is -2.77. The Morgan fingerprint density at radius 2 is 2.13 bits per heavy atom. The molecule has 0 fully saturated rings. The van der Waals surface area contributed by atoms with Crippen LogP contribution >= 0.6 is 15.9 Å². The summed E-state index contributed by atoms with van der Waals surface area (Å²) >= 11 is 2.98. The highest BCUT2D eigenvalue weighted by molar-refractivity contribution is 9.08. The summed E-state index contributed by atoms with van der Waals surface area (Å²) in [5, 5.41) is 8.50. The maximum Gasteiger partial charge on any atom is 0.280 e. The highest BCUT2D eigenvalue weighted by Gasteiger charge is 2.19. The van der Waals surface area contributed by atoms with Gasteiger partial charge in [0.25, 0.3) is 6.43 Å². The van der Waals surface area contributed by atoms with Crippen LogP contribution in [-0.4, -0.2) is 4.98 Å². The van der Waals surface area contributed by atoms with Crippen molar-refractivity contribution in [1.82, 2.24) is 4.98 Å². The molecule has 0 atom stereocenters. The Labute approximate surface area is 92.9 Å². The smallest absolute Gasteiger partial charge is 0.252 e. The van der Waals surface area contributed by atoms with E-state index in [1.54, 1.807) is 6.07 Å². The van der Waals surface area contributed by atoms with Gasteiger partial charge in [0.2, 0.25) is 0 Å². The van der Waals surface area contributed by atoms with Crippen LogP contribution in [-0.2, 0) is 11.8 Å². The zero-order valence-electron chi connectivity index (χ0n) is 7.48. The number of nitrogens with zero attached hydrogens (tertiary/aromatic N) is 2. The third-order valence-corrected chi connectivity index (χ3v) is 2.44. The molecule has 0 saturated carbocycles. The van der Waals surface area contributed by atoms with Gasteiger partial charge in [0.15, 0.2) is 0 Å². The first-order chi connectivity index (χ1) is 7.11. The molecule has 0 aliphatic rings. The van der Waals surface area contributed by atoms with Crippen LogP contribution in [0.4, 0.5) is 13.2 Å². The maximum atomic E-state index is 13.2. The van der Waals surface area contributed by atoms with Gasteiger partial charge in [-0.1, -0.05) is 15.9 Å². The van der Waals surface area contributed by atoms with E-state index in [0.29, 0.717) is 0 Å². The summed E-state index contributed by atoms with van der Waals surface area (Å²) in [6.45, 7) is 0. The van der Waals surface area contributed by atoms with Gasteiger partial charge in [0.1, 0.15) is 11.5 Å². The summed E-state index contributed by atoms with van der Waals surface area (Å²) in [4.78, 5) is 3.33. The highest BCUT2D eigenvalue weighted by atomic mass is 79.9. The molecular formula is C9H6BrF3N2. The molecule has 0 radical (unpaired) electrons. The summed E-state index contributed by atoms with van der Waals surface area (Å²) in [6, 6.07) is 1.73. The molecular weight excluding hydrogens is 273 g/mol. The van der Waals surface area contributed by atoms with Gasteiger partial charge >= 0.3 is 0 Å². The molecule has 0 aromatic carbocycles. The normalized spacial score (nSPS) is 10.4. The van der Waals surface area contributed by atoms with Crippen LogP contribution in [0.5, 0.6) is 0 Å². The molecule has 1 aromatic rings. The first kappa shape index (κ1) is 12.0. The quantitative estimate of drug-likeness (QED) is 0.797. The van der Waals surface area contributed by atoms with Crippen molar-refractivity contribution in [3.05, 3.63) is 28.8 Å². The van der Waals surface area contributed by atoms with E-state index >= 15 is 0 Å². The number of halogens is 4. The Morgan fingerprint density at radius 1 is 1.47 bits per heavy atom. The number of rotatable bonds is 3. The highest BCUT2D eigenvalue weighted by Crippen LogP contribution is 2.27. The van der Waals surface area contributed by atoms with Crippen LogP contribution in [0.3, 0.4) is 0 Å². The summed E-state index contributed by atoms with van der Waals surface area (Å²) in [5.41, 5.74) is -0.426. The average Bonchev–Trinajstić information content (AvgIpc) is 2.20. The Hall–Kier alpha value is -1.09. The number of hydrogen-bond donors (Lipinski definition) is 0. The molecule has 2 nitrogen and oxygen atoms in total. The largest absolute Gasteiger partial charge is 0.280 e. The minimum Gasteiger partial charge on any atom is -0.252 e. The third kappa shape index (κ3) is 2.48. The van der Waals surface area contributed by atoms with E-state index in [9.17, 15) is 13.2 Å². The van der Waals surface area contributed by atoms with E-state index in [2.05, 4.69) is 20.9 Å². The van der Waals surface area contributed by atoms with Crippen molar-refractivity contribution in [2.24, 2.45) is 0 Å². The lowest BCUT2D eigenvalue weighted by molar-refractivity contribution is 0.145. The zero-order chi connectivity index (χ0) is 11.4. The van der Waals surface area contributed by atoms with Crippen LogP contribution in [0.25, 0.3) is 0 Å². The second-order valence-corrected chi connectivity index (χ2v) is 3.28. The van der Waals surface area contributed by atoms with Gasteiger partial charge in [-0.05, 0) is 5.56 Å². The lowest BCUT2D eigenvalue weighted by atomic mass is 10.1. The SMILES string of the molecule is N#CCc1c(F)cnc(C(F)F)c1CBr. The molecule has 1 rings (SSSR count). The number of hydrogen-bond acceptors (Lipinski definition) is 2. The van der Waals surface area contributed by atoms with Crippen LogP contribution in [0.15, 0.2) is 6.20 Å². The molecule has 1 aromatic heterocycles. The fourth-order valence-corrected chi connectivity index (χ4v) is 1.81. The van der Waals surface area contributed by atoms with Gasteiger partial charge in [-0.25, -0.2) is 13.2 Å². The number of pyridine rings is 1. The molecule has 0 aliphatic heterocycles. The van der Waals surface area contributed by atoms with E-state index in [1.807, 2.05) is 0 Å². The zero-order valence-corrected chi connectivity index (χ0v) is 9.06. The van der Waals surface area contributed by atoms with Gasteiger partial charge in [0, 0.05) is 10.9 Å². The summed E-state index contributed by atoms with van der Waals surface area (Å²) < 4.78 is 38.1. The molecule has 0 unspecified atom stereocenters. The van der Waals surface area contributed by atoms with Crippen molar-refractivity contribution in [2.45, 2.75) is 18.2 Å². The molecule has 0 N–H and O–H groups in total. The first-order valence-electron chi connectivity index (χ1n) is 3.99. The molecule has 6 heteroatoms. The lowest BCUT2D eigenvalue weighted by Crippen LogP contribution is -2.04. The lowest BCUT2D eigenvalue weighted by Gasteiger charge is -2.10. The van der Waals surface area contributed by atoms with Gasteiger partial charge in [-0.15, -0.1) is 0 Å². The van der Waals surface area contributed by atoms with Crippen molar-refractivity contribution in [3.8, 4) is 6.07 Å². The van der Waals surface area contributed by atoms with Crippen molar-refractivity contribution >= 4 is 15.9 Å². The van der Waals surface area contributed by atoms with E-state index in [-0.39, 0.29) is 22.9 Å². The van der Waals surface area contributed by atoms with Gasteiger partial charge < -0.3 is 0 Å². The van der Waals surface area contributed by atoms with Gasteiger partial charge in [-0.2, -0.15) is 5.26 Å². The van der Waals surface area contributed by atoms with Crippen LogP contribution in [0.2, 0.25) is 0 Å². The third-order valence-electron chi connectivity index (χ3n) is 1.87. The van der Waals surface area contributed by atoms with Crippen LogP contribution in [0.1, 0.15) is 23.2 Å². The standard InChI is InChI=1S/C9H6BrF3N2/c10-3-6-5(1-2-14)7(11)4-15-8(6)9(12)13/h4,9H,1,3H2. The van der Waals surface area contributed by atoms with E-state index < -0.39 is 17.9 Å². The van der Waals surface area contributed by atoms with Crippen molar-refractivity contribution in [1.29, 1.82) is 5.26 Å². The summed E-state index contributed by atoms with van der Waals surface area (Å²) in [5.74, 6) is -0.726. The number of alkyl halides is 3. The predicted molar refractivity (Wildman–Crippen MR) is 51.1 cm³/mol. The fraction of sp³-hybridized carbons (Fsp3) is 0.333. The molecule has 80 valence electrons. The number of aromatic nitrogens is 1. The first-order valence-corrected chi connectivity index (χ1v) is 5.11. The Bertz CT molecular complexity index is 401. The Kier molecular flexibility index (Phi) is 4.09. The van der Waals surface area contributed by atoms with E-state index in [4.69, 9.17) is 5.26 Å². The van der Waals surface area contributed by atoms with Crippen molar-refractivity contribution in [2.75, 3.05) is 0 Å². The minimum absolute atomic E-state index is 0.0142. The molecule has 0 aliphatic carbocycles. The molecule has 0 bridgehead atoms. The Morgan fingerprint density at radius 3 is 2.60 bits per heavy atom. The van der Waals surface area contributed by atoms with Crippen molar-refractivity contribution < 1.29 is 13.2 Å². The van der Waals surface area contributed by atoms with Gasteiger partial charge in [-0.3, -0.25) is 4.98 Å². The topological polar surface area (TPSA) is 36.7 Å². The predicted octanol–water partition coefficient (Wildman–Crippen LogP) is 3.12. The van der Waals surface area contributed by atoms with E-state index in [0.717, 1.165) is 6.20 Å². The summed E-state index contributed by atoms with van der Waals surface area (Å²) in [6.07, 6.45) is -2.29. The Balaban J connectivity index is 3.34. The molecule has 15 heavy (non-hydrogen) atoms. The molecule has 0 spiro atoms. The molecule has 0 amide bonds. The number of nitriles is 1. The maximum absolute atomic E-state index is 13.2. The average molecular weight is 279 g/mol. The van der Waals surface area contributed by atoms with Crippen molar-refractivity contribution in [3.63, 3.8) is 0 Å². The fourth-order valence-electron chi connectivity index (χ4n) is 1.19.